The lowest BCUT2D eigenvalue weighted by Crippen LogP contribution is -2.52. The van der Waals surface area contributed by atoms with Gasteiger partial charge in [-0.15, -0.1) is 0 Å². The van der Waals surface area contributed by atoms with Crippen LogP contribution < -0.4 is 10.0 Å². The maximum atomic E-state index is 12.2. The van der Waals surface area contributed by atoms with Crippen molar-refractivity contribution in [1.29, 1.82) is 0 Å². The molecule has 2 heterocycles. The first-order chi connectivity index (χ1) is 10.8. The zero-order chi connectivity index (χ0) is 16.9. The van der Waals surface area contributed by atoms with E-state index in [9.17, 15) is 13.2 Å². The summed E-state index contributed by atoms with van der Waals surface area (Å²) in [4.78, 5) is 16.3. The molecule has 0 spiro atoms. The molecule has 1 atom stereocenters. The average molecular weight is 348 g/mol. The number of rotatable bonds is 5. The first-order valence-electron chi connectivity index (χ1n) is 8.17. The number of amides is 2. The fourth-order valence-electron chi connectivity index (χ4n) is 3.00. The molecule has 2 aliphatic heterocycles. The molecule has 2 fully saturated rings. The highest BCUT2D eigenvalue weighted by Crippen LogP contribution is 2.11. The summed E-state index contributed by atoms with van der Waals surface area (Å²) in [6.07, 6.45) is 2.47. The first-order valence-corrected chi connectivity index (χ1v) is 10.1. The molecule has 134 valence electrons. The average Bonchev–Trinajstić information content (AvgIpc) is 2.52. The highest BCUT2D eigenvalue weighted by atomic mass is 32.2. The second-order valence-electron chi connectivity index (χ2n) is 6.33. The lowest BCUT2D eigenvalue weighted by molar-refractivity contribution is 0.0206. The number of likely N-dealkylation sites (tertiary alicyclic amines) is 1. The molecule has 8 nitrogen and oxygen atoms in total. The molecule has 0 saturated carbocycles. The van der Waals surface area contributed by atoms with Gasteiger partial charge in [0.1, 0.15) is 0 Å². The summed E-state index contributed by atoms with van der Waals surface area (Å²) in [7, 11) is -3.18. The number of nitrogens with zero attached hydrogens (tertiary/aromatic N) is 2. The maximum Gasteiger partial charge on any atom is 0.317 e. The molecule has 0 unspecified atom stereocenters. The molecule has 0 aliphatic carbocycles. The summed E-state index contributed by atoms with van der Waals surface area (Å²) in [5, 5.41) is 2.98. The van der Waals surface area contributed by atoms with Crippen molar-refractivity contribution in [2.24, 2.45) is 0 Å². The zero-order valence-corrected chi connectivity index (χ0v) is 14.8. The number of carbonyl (C=O) groups is 1. The van der Waals surface area contributed by atoms with Crippen molar-refractivity contribution in [1.82, 2.24) is 19.8 Å². The maximum absolute atomic E-state index is 12.2. The van der Waals surface area contributed by atoms with E-state index in [1.54, 1.807) is 4.90 Å². The van der Waals surface area contributed by atoms with E-state index >= 15 is 0 Å². The van der Waals surface area contributed by atoms with Crippen molar-refractivity contribution in [2.75, 3.05) is 52.2 Å². The second-order valence-corrected chi connectivity index (χ2v) is 8.11. The van der Waals surface area contributed by atoms with E-state index < -0.39 is 10.0 Å². The number of carbonyl (C=O) groups excluding carboxylic acids is 1. The third-order valence-electron chi connectivity index (χ3n) is 4.38. The Labute approximate surface area is 138 Å². The van der Waals surface area contributed by atoms with Crippen molar-refractivity contribution in [3.63, 3.8) is 0 Å². The van der Waals surface area contributed by atoms with E-state index in [4.69, 9.17) is 4.74 Å². The molecule has 0 bridgehead atoms. The van der Waals surface area contributed by atoms with Gasteiger partial charge in [-0.3, -0.25) is 4.90 Å². The largest absolute Gasteiger partial charge is 0.379 e. The van der Waals surface area contributed by atoms with Gasteiger partial charge < -0.3 is 15.0 Å². The number of morpholine rings is 1. The van der Waals surface area contributed by atoms with Gasteiger partial charge in [0.25, 0.3) is 0 Å². The van der Waals surface area contributed by atoms with Gasteiger partial charge in [-0.05, 0) is 19.8 Å². The molecule has 2 amide bonds. The lowest BCUT2D eigenvalue weighted by Gasteiger charge is -2.34. The van der Waals surface area contributed by atoms with Crippen molar-refractivity contribution >= 4 is 16.1 Å². The van der Waals surface area contributed by atoms with Crippen molar-refractivity contribution in [3.05, 3.63) is 0 Å². The second kappa shape index (κ2) is 8.27. The van der Waals surface area contributed by atoms with Crippen LogP contribution in [0.2, 0.25) is 0 Å². The fraction of sp³-hybridized carbons (Fsp3) is 0.929. The Bertz CT molecular complexity index is 485. The number of urea groups is 1. The van der Waals surface area contributed by atoms with Crippen LogP contribution in [0.3, 0.4) is 0 Å². The quantitative estimate of drug-likeness (QED) is 0.694. The van der Waals surface area contributed by atoms with Crippen LogP contribution >= 0.6 is 0 Å². The van der Waals surface area contributed by atoms with E-state index in [1.165, 1.54) is 6.26 Å². The van der Waals surface area contributed by atoms with E-state index in [0.29, 0.717) is 32.5 Å². The summed E-state index contributed by atoms with van der Waals surface area (Å²) < 4.78 is 30.4. The Balaban J connectivity index is 1.68. The Morgan fingerprint density at radius 2 is 1.83 bits per heavy atom. The minimum Gasteiger partial charge on any atom is -0.379 e. The summed E-state index contributed by atoms with van der Waals surface area (Å²) in [6, 6.07) is 0.150. The van der Waals surface area contributed by atoms with Crippen LogP contribution in [0, 0.1) is 0 Å². The normalized spacial score (nSPS) is 22.8. The molecule has 9 heteroatoms. The Hall–Kier alpha value is -0.900. The summed E-state index contributed by atoms with van der Waals surface area (Å²) in [5.74, 6) is 0. The van der Waals surface area contributed by atoms with Crippen LogP contribution in [0.15, 0.2) is 0 Å². The predicted octanol–water partition coefficient (Wildman–Crippen LogP) is -0.570. The van der Waals surface area contributed by atoms with Crippen molar-refractivity contribution in [3.8, 4) is 0 Å². The van der Waals surface area contributed by atoms with Crippen LogP contribution in [-0.4, -0.2) is 88.5 Å². The molecule has 0 aromatic heterocycles. The number of nitrogens with one attached hydrogen (secondary N) is 2. The van der Waals surface area contributed by atoms with Crippen LogP contribution in [0.5, 0.6) is 0 Å². The van der Waals surface area contributed by atoms with E-state index in [-0.39, 0.29) is 18.1 Å². The Morgan fingerprint density at radius 3 is 2.39 bits per heavy atom. The molecule has 23 heavy (non-hydrogen) atoms. The number of hydrogen-bond acceptors (Lipinski definition) is 5. The van der Waals surface area contributed by atoms with Gasteiger partial charge in [0, 0.05) is 44.8 Å². The van der Waals surface area contributed by atoms with E-state index in [0.717, 1.165) is 26.3 Å². The summed E-state index contributed by atoms with van der Waals surface area (Å²) in [5.41, 5.74) is 0. The summed E-state index contributed by atoms with van der Waals surface area (Å²) in [6.45, 7) is 7.17. The van der Waals surface area contributed by atoms with Gasteiger partial charge in [-0.2, -0.15) is 0 Å². The van der Waals surface area contributed by atoms with Gasteiger partial charge in [0.2, 0.25) is 10.0 Å². The fourth-order valence-corrected chi connectivity index (χ4v) is 3.84. The van der Waals surface area contributed by atoms with Crippen LogP contribution in [0.4, 0.5) is 4.79 Å². The summed E-state index contributed by atoms with van der Waals surface area (Å²) >= 11 is 0. The molecular weight excluding hydrogens is 320 g/mol. The molecular formula is C14H28N4O4S. The van der Waals surface area contributed by atoms with Gasteiger partial charge in [-0.1, -0.05) is 0 Å². The van der Waals surface area contributed by atoms with Crippen molar-refractivity contribution < 1.29 is 17.9 Å². The minimum atomic E-state index is -3.18. The first kappa shape index (κ1) is 18.4. The molecule has 2 N–H and O–H groups in total. The molecule has 2 aliphatic rings. The predicted molar refractivity (Wildman–Crippen MR) is 87.8 cm³/mol. The molecule has 2 saturated heterocycles. The van der Waals surface area contributed by atoms with Crippen LogP contribution in [0.25, 0.3) is 0 Å². The third kappa shape index (κ3) is 6.25. The topological polar surface area (TPSA) is 91.0 Å². The number of sulfonamides is 1. The standard InChI is InChI=1S/C14H28N4O4S/c1-12(17-7-9-22-10-8-17)11-15-14(19)18-5-3-13(4-6-18)16-23(2,20)21/h12-13,16H,3-11H2,1-2H3,(H,15,19)/t12-/m0/s1. The molecule has 0 aromatic carbocycles. The smallest absolute Gasteiger partial charge is 0.317 e. The Kier molecular flexibility index (Phi) is 6.63. The highest BCUT2D eigenvalue weighted by Gasteiger charge is 2.25. The zero-order valence-electron chi connectivity index (χ0n) is 14.0. The minimum absolute atomic E-state index is 0.0667. The highest BCUT2D eigenvalue weighted by molar-refractivity contribution is 7.88. The van der Waals surface area contributed by atoms with Crippen molar-refractivity contribution in [2.45, 2.75) is 31.8 Å². The van der Waals surface area contributed by atoms with Gasteiger partial charge in [-0.25, -0.2) is 17.9 Å². The van der Waals surface area contributed by atoms with Gasteiger partial charge in [0.05, 0.1) is 19.5 Å². The van der Waals surface area contributed by atoms with E-state index in [1.807, 2.05) is 0 Å². The SMILES string of the molecule is C[C@@H](CNC(=O)N1CCC(NS(C)(=O)=O)CC1)N1CCOCC1. The van der Waals surface area contributed by atoms with Crippen LogP contribution in [-0.2, 0) is 14.8 Å². The number of piperidine rings is 1. The van der Waals surface area contributed by atoms with Crippen LogP contribution in [0.1, 0.15) is 19.8 Å². The lowest BCUT2D eigenvalue weighted by atomic mass is 10.1. The number of hydrogen-bond donors (Lipinski definition) is 2. The molecule has 2 rings (SSSR count). The van der Waals surface area contributed by atoms with Gasteiger partial charge >= 0.3 is 6.03 Å². The van der Waals surface area contributed by atoms with E-state index in [2.05, 4.69) is 21.9 Å². The van der Waals surface area contributed by atoms with Gasteiger partial charge in [0.15, 0.2) is 0 Å². The third-order valence-corrected chi connectivity index (χ3v) is 5.14. The monoisotopic (exact) mass is 348 g/mol. The number of ether oxygens (including phenoxy) is 1. The molecule has 0 radical (unpaired) electrons. The Morgan fingerprint density at radius 1 is 1.22 bits per heavy atom. The molecule has 0 aromatic rings.